The number of carbonyl (C=O) groups is 4. The summed E-state index contributed by atoms with van der Waals surface area (Å²) in [5.41, 5.74) is 2.68. The first kappa shape index (κ1) is 53.2. The van der Waals surface area contributed by atoms with Crippen molar-refractivity contribution in [2.45, 2.75) is 76.3 Å². The molecule has 4 aliphatic rings. The fraction of sp³-hybridized carbons (Fsp3) is 0.529. The maximum Gasteiger partial charge on any atom is 0.416 e. The van der Waals surface area contributed by atoms with Crippen molar-refractivity contribution < 1.29 is 60.8 Å². The Labute approximate surface area is 411 Å². The van der Waals surface area contributed by atoms with E-state index in [0.717, 1.165) is 78.9 Å². The van der Waals surface area contributed by atoms with Crippen LogP contribution in [-0.2, 0) is 57.2 Å². The van der Waals surface area contributed by atoms with Crippen LogP contribution in [0.4, 0.5) is 13.2 Å². The number of fused-ring (bicyclic) bond motifs is 1. The lowest BCUT2D eigenvalue weighted by Gasteiger charge is -2.47. The molecule has 0 saturated carbocycles. The van der Waals surface area contributed by atoms with Gasteiger partial charge in [0.1, 0.15) is 12.6 Å². The number of benzene rings is 2. The van der Waals surface area contributed by atoms with E-state index in [9.17, 15) is 32.3 Å². The number of halogens is 3. The first-order valence-electron chi connectivity index (χ1n) is 24.4. The van der Waals surface area contributed by atoms with Gasteiger partial charge in [-0.3, -0.25) is 34.4 Å². The summed E-state index contributed by atoms with van der Waals surface area (Å²) in [7, 11) is 0. The zero-order valence-corrected chi connectivity index (χ0v) is 40.2. The molecule has 384 valence electrons. The van der Waals surface area contributed by atoms with Crippen molar-refractivity contribution in [2.75, 3.05) is 98.9 Å². The number of aromatic nitrogens is 1. The number of imide groups is 1. The molecule has 2 fully saturated rings. The Hall–Kier alpha value is -5.61. The van der Waals surface area contributed by atoms with E-state index in [1.54, 1.807) is 17.3 Å². The fourth-order valence-electron chi connectivity index (χ4n) is 9.11. The highest BCUT2D eigenvalue weighted by Gasteiger charge is 2.48. The number of hydrogen-bond donors (Lipinski definition) is 3. The zero-order chi connectivity index (χ0) is 50.1. The maximum atomic E-state index is 13.9. The lowest BCUT2D eigenvalue weighted by atomic mass is 9.89. The van der Waals surface area contributed by atoms with Crippen LogP contribution in [0, 0.1) is 6.92 Å². The van der Waals surface area contributed by atoms with E-state index in [4.69, 9.17) is 33.4 Å². The number of amides is 4. The minimum atomic E-state index is -4.63. The quantitative estimate of drug-likeness (QED) is 0.0732. The van der Waals surface area contributed by atoms with E-state index in [0.29, 0.717) is 91.1 Å². The van der Waals surface area contributed by atoms with Gasteiger partial charge in [0.2, 0.25) is 17.7 Å². The molecule has 71 heavy (non-hydrogen) atoms. The number of piperidine rings is 1. The van der Waals surface area contributed by atoms with Gasteiger partial charge in [-0.25, -0.2) is 4.99 Å². The lowest BCUT2D eigenvalue weighted by molar-refractivity contribution is -0.138. The fourth-order valence-corrected chi connectivity index (χ4v) is 9.11. The number of pyridine rings is 1. The van der Waals surface area contributed by atoms with Gasteiger partial charge in [0.05, 0.1) is 71.6 Å². The first-order valence-corrected chi connectivity index (χ1v) is 24.4. The van der Waals surface area contributed by atoms with Crippen molar-refractivity contribution in [2.24, 2.45) is 4.99 Å². The second-order valence-corrected chi connectivity index (χ2v) is 17.6. The monoisotopic (exact) mass is 991 g/mol. The molecular weight excluding hydrogens is 928 g/mol. The summed E-state index contributed by atoms with van der Waals surface area (Å²) in [5, 5.41) is 8.80. The Kier molecular flexibility index (Phi) is 19.6. The van der Waals surface area contributed by atoms with E-state index in [2.05, 4.69) is 27.0 Å². The van der Waals surface area contributed by atoms with Crippen LogP contribution in [0.5, 0.6) is 0 Å². The Morgan fingerprint density at radius 3 is 2.28 bits per heavy atom. The van der Waals surface area contributed by atoms with Gasteiger partial charge in [-0.1, -0.05) is 30.7 Å². The van der Waals surface area contributed by atoms with Crippen molar-refractivity contribution in [3.05, 3.63) is 106 Å². The number of aryl methyl sites for hydroxylation is 2. The highest BCUT2D eigenvalue weighted by atomic mass is 19.4. The molecule has 1 aromatic heterocycles. The first-order chi connectivity index (χ1) is 34.4. The molecule has 0 spiro atoms. The third kappa shape index (κ3) is 14.5. The van der Waals surface area contributed by atoms with Crippen LogP contribution in [0.3, 0.4) is 0 Å². The predicted molar refractivity (Wildman–Crippen MR) is 255 cm³/mol. The van der Waals surface area contributed by atoms with Gasteiger partial charge in [0.25, 0.3) is 11.8 Å². The normalized spacial score (nSPS) is 19.6. The van der Waals surface area contributed by atoms with Crippen LogP contribution >= 0.6 is 0 Å². The predicted octanol–water partition coefficient (Wildman–Crippen LogP) is 4.86. The van der Waals surface area contributed by atoms with Gasteiger partial charge in [-0.05, 0) is 86.2 Å². The van der Waals surface area contributed by atoms with Gasteiger partial charge in [0, 0.05) is 73.8 Å². The van der Waals surface area contributed by atoms with Crippen molar-refractivity contribution in [1.82, 2.24) is 30.7 Å². The molecule has 0 bridgehead atoms. The number of carbonyl (C=O) groups excluding carboxylic acids is 4. The zero-order valence-electron chi connectivity index (χ0n) is 40.2. The minimum absolute atomic E-state index is 0.0797. The number of alkyl halides is 3. The topological polar surface area (TPSA) is 191 Å². The summed E-state index contributed by atoms with van der Waals surface area (Å²) in [6.45, 7) is 8.52. The number of nitrogens with zero attached hydrogens (tertiary/aromatic N) is 4. The Balaban J connectivity index is 0.741. The van der Waals surface area contributed by atoms with Crippen LogP contribution in [-0.4, -0.2) is 155 Å². The SMILES string of the molecule is Cc1ncccc1C1=CN=C(OCCOCCOCCOCCOCCNCCCCCc2cccc3c2CN(C2CCC(=O)NC2=O)C3=O)C(NC(=O)c2cccc(C(F)(F)F)c2)(N2CCOCC2)C1. The van der Waals surface area contributed by atoms with Crippen LogP contribution in [0.25, 0.3) is 5.57 Å². The standard InChI is InChI=1S/C51H64F3N7O10/c1-36-41(13-7-17-56-36)39-33-50(60-19-22-67-23-20-60,59-46(63)38-10-5-11-40(32-38)51(52,53)54)49(57-34-39)71-31-30-70-29-28-69-27-26-68-25-24-66-21-18-55-16-4-2-3-8-37-9-6-12-42-43(37)35-61(48(42)65)44-14-15-45(62)58-47(44)64/h5-7,9-13,17,32,34,44,55H,2-4,8,14-16,18-31,33,35H2,1H3,(H,59,63)(H,58,62,64). The third-order valence-electron chi connectivity index (χ3n) is 12.8. The van der Waals surface area contributed by atoms with Crippen LogP contribution in [0.15, 0.2) is 72.0 Å². The lowest BCUT2D eigenvalue weighted by Crippen LogP contribution is -2.68. The Morgan fingerprint density at radius 1 is 0.859 bits per heavy atom. The summed E-state index contributed by atoms with van der Waals surface area (Å²) in [4.78, 5) is 63.7. The van der Waals surface area contributed by atoms with Crippen molar-refractivity contribution in [1.29, 1.82) is 0 Å². The molecule has 2 atom stereocenters. The van der Waals surface area contributed by atoms with Crippen molar-refractivity contribution in [3.8, 4) is 0 Å². The molecule has 2 saturated heterocycles. The number of aliphatic imine (C=N–C) groups is 1. The molecule has 3 aromatic rings. The molecule has 20 heteroatoms. The summed E-state index contributed by atoms with van der Waals surface area (Å²) in [5.74, 6) is -1.37. The summed E-state index contributed by atoms with van der Waals surface area (Å²) in [6, 6.07) is 13.2. The number of unbranched alkanes of at least 4 members (excludes halogenated alkanes) is 2. The van der Waals surface area contributed by atoms with Gasteiger partial charge < -0.3 is 44.0 Å². The largest absolute Gasteiger partial charge is 0.476 e. The minimum Gasteiger partial charge on any atom is -0.476 e. The molecule has 4 amide bonds. The van der Waals surface area contributed by atoms with Gasteiger partial charge in [0.15, 0.2) is 5.66 Å². The van der Waals surface area contributed by atoms with Crippen LogP contribution in [0.1, 0.15) is 87.2 Å². The Morgan fingerprint density at radius 2 is 1.56 bits per heavy atom. The number of morpholine rings is 1. The second-order valence-electron chi connectivity index (χ2n) is 17.6. The van der Waals surface area contributed by atoms with E-state index in [1.807, 2.05) is 36.1 Å². The molecule has 4 aliphatic heterocycles. The van der Waals surface area contributed by atoms with E-state index < -0.39 is 35.3 Å². The molecule has 0 aliphatic carbocycles. The highest BCUT2D eigenvalue weighted by Crippen LogP contribution is 2.36. The molecule has 17 nitrogen and oxygen atoms in total. The van der Waals surface area contributed by atoms with E-state index in [-0.39, 0.29) is 49.3 Å². The van der Waals surface area contributed by atoms with Crippen LogP contribution < -0.4 is 16.0 Å². The van der Waals surface area contributed by atoms with Crippen molar-refractivity contribution in [3.63, 3.8) is 0 Å². The summed E-state index contributed by atoms with van der Waals surface area (Å²) >= 11 is 0. The number of hydrogen-bond acceptors (Lipinski definition) is 14. The molecule has 3 N–H and O–H groups in total. The highest BCUT2D eigenvalue weighted by molar-refractivity contribution is 6.05. The summed E-state index contributed by atoms with van der Waals surface area (Å²) < 4.78 is 75.6. The number of rotatable bonds is 26. The number of ether oxygens (including phenoxy) is 6. The average Bonchev–Trinajstić information content (AvgIpc) is 3.70. The van der Waals surface area contributed by atoms with Crippen LogP contribution in [0.2, 0.25) is 0 Å². The second kappa shape index (κ2) is 26.2. The van der Waals surface area contributed by atoms with E-state index >= 15 is 0 Å². The average molecular weight is 992 g/mol. The maximum absolute atomic E-state index is 13.9. The molecule has 2 aromatic carbocycles. The van der Waals surface area contributed by atoms with Crippen molar-refractivity contribution >= 4 is 35.1 Å². The third-order valence-corrected chi connectivity index (χ3v) is 12.8. The van der Waals surface area contributed by atoms with Gasteiger partial charge in [-0.15, -0.1) is 0 Å². The molecule has 2 unspecified atom stereocenters. The molecule has 0 radical (unpaired) electrons. The number of nitrogens with one attached hydrogen (secondary N) is 3. The Bertz CT molecular complexity index is 2360. The smallest absolute Gasteiger partial charge is 0.416 e. The van der Waals surface area contributed by atoms with Gasteiger partial charge in [-0.2, -0.15) is 13.2 Å². The van der Waals surface area contributed by atoms with E-state index in [1.165, 1.54) is 12.1 Å². The molecule has 5 heterocycles. The van der Waals surface area contributed by atoms with Gasteiger partial charge >= 0.3 is 6.18 Å². The molecular formula is C51H64F3N7O10. The summed E-state index contributed by atoms with van der Waals surface area (Å²) in [6.07, 6.45) is 3.39. The molecule has 7 rings (SSSR count).